The number of rotatable bonds is 3. The average Bonchev–Trinajstić information content (AvgIpc) is 3.07. The highest BCUT2D eigenvalue weighted by molar-refractivity contribution is 7.92. The van der Waals surface area contributed by atoms with Gasteiger partial charge in [-0.25, -0.2) is 8.42 Å². The van der Waals surface area contributed by atoms with Crippen molar-refractivity contribution < 1.29 is 17.9 Å². The molecule has 0 saturated heterocycles. The Morgan fingerprint density at radius 3 is 2.55 bits per heavy atom. The lowest BCUT2D eigenvalue weighted by atomic mass is 9.64. The van der Waals surface area contributed by atoms with Gasteiger partial charge in [-0.05, 0) is 67.5 Å². The second-order valence-electron chi connectivity index (χ2n) is 9.14. The van der Waals surface area contributed by atoms with E-state index in [4.69, 9.17) is 4.74 Å². The molecule has 0 aromatic heterocycles. The van der Waals surface area contributed by atoms with Gasteiger partial charge in [0, 0.05) is 23.5 Å². The number of sulfonamides is 1. The van der Waals surface area contributed by atoms with Crippen LogP contribution in [0.2, 0.25) is 0 Å². The van der Waals surface area contributed by atoms with E-state index in [0.29, 0.717) is 30.2 Å². The van der Waals surface area contributed by atoms with E-state index in [-0.39, 0.29) is 16.2 Å². The van der Waals surface area contributed by atoms with Crippen molar-refractivity contribution in [3.05, 3.63) is 59.2 Å². The van der Waals surface area contributed by atoms with Crippen molar-refractivity contribution >= 4 is 27.1 Å². The first-order chi connectivity index (χ1) is 14.8. The van der Waals surface area contributed by atoms with Gasteiger partial charge in [-0.1, -0.05) is 24.6 Å². The summed E-state index contributed by atoms with van der Waals surface area (Å²) in [4.78, 5) is 13.0. The number of nitrogens with zero attached hydrogens (tertiary/aromatic N) is 1. The van der Waals surface area contributed by atoms with Crippen LogP contribution in [0, 0.1) is 18.3 Å². The molecule has 0 radical (unpaired) electrons. The summed E-state index contributed by atoms with van der Waals surface area (Å²) in [6.07, 6.45) is 3.01. The lowest BCUT2D eigenvalue weighted by Gasteiger charge is -2.43. The molecule has 0 unspecified atom stereocenters. The minimum Gasteiger partial charge on any atom is -0.497 e. The molecule has 2 atom stereocenters. The van der Waals surface area contributed by atoms with Crippen LogP contribution in [-0.2, 0) is 14.8 Å². The molecule has 5 rings (SSSR count). The van der Waals surface area contributed by atoms with Gasteiger partial charge in [0.25, 0.3) is 10.0 Å². The van der Waals surface area contributed by atoms with Crippen molar-refractivity contribution in [3.8, 4) is 5.75 Å². The third-order valence-corrected chi connectivity index (χ3v) is 9.26. The molecule has 31 heavy (non-hydrogen) atoms. The second-order valence-corrected chi connectivity index (χ2v) is 11.0. The number of anilines is 1. The van der Waals surface area contributed by atoms with E-state index < -0.39 is 10.0 Å². The molecule has 1 saturated carbocycles. The van der Waals surface area contributed by atoms with Gasteiger partial charge in [0.15, 0.2) is 0 Å². The van der Waals surface area contributed by atoms with E-state index in [1.165, 1.54) is 9.88 Å². The van der Waals surface area contributed by atoms with E-state index in [1.54, 1.807) is 19.2 Å². The normalized spacial score (nSPS) is 25.2. The molecule has 0 amide bonds. The van der Waals surface area contributed by atoms with E-state index in [2.05, 4.69) is 6.92 Å². The fourth-order valence-corrected chi connectivity index (χ4v) is 7.06. The van der Waals surface area contributed by atoms with E-state index in [0.717, 1.165) is 36.0 Å². The summed E-state index contributed by atoms with van der Waals surface area (Å²) >= 11 is 0. The molecular weight excluding hydrogens is 410 g/mol. The predicted molar refractivity (Wildman–Crippen MR) is 121 cm³/mol. The smallest absolute Gasteiger partial charge is 0.264 e. The molecule has 0 spiro atoms. The van der Waals surface area contributed by atoms with Crippen LogP contribution in [0.1, 0.15) is 43.7 Å². The summed E-state index contributed by atoms with van der Waals surface area (Å²) in [7, 11) is -2.18. The molecule has 2 aromatic carbocycles. The Bertz CT molecular complexity index is 1210. The Hall–Kier alpha value is -2.60. The number of benzene rings is 2. The first-order valence-electron chi connectivity index (χ1n) is 10.8. The molecular formula is C25H27NO4S. The Balaban J connectivity index is 1.69. The fraction of sp³-hybridized carbons (Fsp3) is 0.400. The van der Waals surface area contributed by atoms with Crippen LogP contribution >= 0.6 is 0 Å². The largest absolute Gasteiger partial charge is 0.497 e. The molecule has 6 heteroatoms. The monoisotopic (exact) mass is 437 g/mol. The molecule has 1 fully saturated rings. The number of methoxy groups -OCH3 is 1. The first kappa shape index (κ1) is 20.3. The third-order valence-electron chi connectivity index (χ3n) is 7.49. The Morgan fingerprint density at radius 1 is 1.10 bits per heavy atom. The van der Waals surface area contributed by atoms with Gasteiger partial charge in [0.2, 0.25) is 0 Å². The van der Waals surface area contributed by atoms with Crippen molar-refractivity contribution in [1.82, 2.24) is 0 Å². The second kappa shape index (κ2) is 6.95. The van der Waals surface area contributed by atoms with Crippen molar-refractivity contribution in [1.29, 1.82) is 0 Å². The van der Waals surface area contributed by atoms with Crippen LogP contribution < -0.4 is 9.04 Å². The Labute approximate surface area is 183 Å². The SMILES string of the molecule is COc1ccc2c(c1)N(S(=O)(=O)c1ccc(C)cc1)CC1=C2CC[C@]2(C)C(=O)CC[C@H]12. The molecule has 1 heterocycles. The maximum absolute atomic E-state index is 13.8. The van der Waals surface area contributed by atoms with Crippen molar-refractivity contribution in [2.24, 2.45) is 11.3 Å². The minimum atomic E-state index is -3.77. The highest BCUT2D eigenvalue weighted by atomic mass is 32.2. The molecule has 1 aliphatic heterocycles. The molecule has 5 nitrogen and oxygen atoms in total. The Kier molecular flexibility index (Phi) is 4.56. The number of carbonyl (C=O) groups is 1. The summed E-state index contributed by atoms with van der Waals surface area (Å²) in [5, 5.41) is 0. The highest BCUT2D eigenvalue weighted by Gasteiger charge is 2.52. The van der Waals surface area contributed by atoms with Crippen LogP contribution in [-0.4, -0.2) is 27.9 Å². The number of ether oxygens (including phenoxy) is 1. The lowest BCUT2D eigenvalue weighted by Crippen LogP contribution is -2.42. The van der Waals surface area contributed by atoms with Crippen molar-refractivity contribution in [2.45, 2.75) is 44.4 Å². The zero-order valence-corrected chi connectivity index (χ0v) is 19.0. The number of hydrogen-bond donors (Lipinski definition) is 0. The van der Waals surface area contributed by atoms with Gasteiger partial charge >= 0.3 is 0 Å². The lowest BCUT2D eigenvalue weighted by molar-refractivity contribution is -0.126. The van der Waals surface area contributed by atoms with Crippen LogP contribution in [0.15, 0.2) is 52.9 Å². The van der Waals surface area contributed by atoms with Crippen LogP contribution in [0.5, 0.6) is 5.75 Å². The average molecular weight is 438 g/mol. The topological polar surface area (TPSA) is 63.7 Å². The van der Waals surface area contributed by atoms with Gasteiger partial charge < -0.3 is 4.74 Å². The quantitative estimate of drug-likeness (QED) is 0.695. The molecule has 0 bridgehead atoms. The van der Waals surface area contributed by atoms with Crippen LogP contribution in [0.25, 0.3) is 5.57 Å². The van der Waals surface area contributed by atoms with Crippen molar-refractivity contribution in [3.63, 3.8) is 0 Å². The van der Waals surface area contributed by atoms with Crippen molar-refractivity contribution in [2.75, 3.05) is 18.0 Å². The maximum atomic E-state index is 13.8. The summed E-state index contributed by atoms with van der Waals surface area (Å²) in [5.41, 5.74) is 4.57. The van der Waals surface area contributed by atoms with Crippen LogP contribution in [0.4, 0.5) is 5.69 Å². The molecule has 2 aliphatic carbocycles. The van der Waals surface area contributed by atoms with Gasteiger partial charge in [0.1, 0.15) is 11.5 Å². The minimum absolute atomic E-state index is 0.106. The number of carbonyl (C=O) groups excluding carboxylic acids is 1. The number of ketones is 1. The number of hydrogen-bond acceptors (Lipinski definition) is 4. The summed E-state index contributed by atoms with van der Waals surface area (Å²) in [6, 6.07) is 12.6. The van der Waals surface area contributed by atoms with Gasteiger partial charge in [-0.3, -0.25) is 9.10 Å². The van der Waals surface area contributed by atoms with E-state index in [1.807, 2.05) is 37.3 Å². The van der Waals surface area contributed by atoms with Gasteiger partial charge in [-0.15, -0.1) is 0 Å². The van der Waals surface area contributed by atoms with E-state index >= 15 is 0 Å². The zero-order valence-electron chi connectivity index (χ0n) is 18.1. The standard InChI is InChI=1S/C25H27NO4S/c1-16-4-7-18(8-5-16)31(28,29)26-15-21-19(20-9-6-17(30-3)14-23(20)26)12-13-25(2)22(21)10-11-24(25)27/h4-9,14,22H,10-13,15H2,1-3H3/t22-,25+/m1/s1. The molecule has 0 N–H and O–H groups in total. The Morgan fingerprint density at radius 2 is 1.84 bits per heavy atom. The van der Waals surface area contributed by atoms with Gasteiger partial charge in [0.05, 0.1) is 24.2 Å². The highest BCUT2D eigenvalue weighted by Crippen LogP contribution is 2.57. The predicted octanol–water partition coefficient (Wildman–Crippen LogP) is 4.75. The van der Waals surface area contributed by atoms with Gasteiger partial charge in [-0.2, -0.15) is 0 Å². The summed E-state index contributed by atoms with van der Waals surface area (Å²) < 4.78 is 34.5. The molecule has 2 aromatic rings. The number of allylic oxidation sites excluding steroid dienone is 1. The maximum Gasteiger partial charge on any atom is 0.264 e. The number of Topliss-reactive ketones (excluding diaryl/α,β-unsaturated/α-hetero) is 1. The summed E-state index contributed by atoms with van der Waals surface area (Å²) in [5.74, 6) is 1.05. The zero-order chi connectivity index (χ0) is 22.0. The third kappa shape index (κ3) is 2.95. The van der Waals surface area contributed by atoms with Crippen LogP contribution in [0.3, 0.4) is 0 Å². The van der Waals surface area contributed by atoms with E-state index in [9.17, 15) is 13.2 Å². The summed E-state index contributed by atoms with van der Waals surface area (Å²) in [6.45, 7) is 4.30. The number of fused-ring (bicyclic) bond motifs is 4. The first-order valence-corrected chi connectivity index (χ1v) is 12.2. The number of aryl methyl sites for hydroxylation is 1. The molecule has 162 valence electrons. The fourth-order valence-electron chi connectivity index (χ4n) is 5.61. The molecule has 3 aliphatic rings.